The van der Waals surface area contributed by atoms with E-state index >= 15 is 0 Å². The van der Waals surface area contributed by atoms with Crippen molar-refractivity contribution >= 4 is 22.1 Å². The van der Waals surface area contributed by atoms with Crippen LogP contribution in [-0.2, 0) is 15.0 Å². The molecule has 0 spiro atoms. The van der Waals surface area contributed by atoms with Crippen LogP contribution in [0, 0.1) is 0 Å². The van der Waals surface area contributed by atoms with E-state index < -0.39 is 16.3 Å². The summed E-state index contributed by atoms with van der Waals surface area (Å²) in [5.41, 5.74) is 0. The van der Waals surface area contributed by atoms with Gasteiger partial charge in [0.1, 0.15) is 0 Å². The normalized spacial score (nSPS) is 19.7. The van der Waals surface area contributed by atoms with E-state index in [1.807, 2.05) is 4.90 Å². The summed E-state index contributed by atoms with van der Waals surface area (Å²) in [6.45, 7) is 6.38. The maximum absolute atomic E-state index is 12.3. The van der Waals surface area contributed by atoms with Gasteiger partial charge in [0.15, 0.2) is 0 Å². The first-order valence-corrected chi connectivity index (χ1v) is 9.87. The lowest BCUT2D eigenvalue weighted by atomic mass is 10.1. The molecular formula is C15H26N6O3S. The minimum Gasteiger partial charge on any atom is -0.350 e. The second-order valence-electron chi connectivity index (χ2n) is 6.46. The van der Waals surface area contributed by atoms with Crippen LogP contribution in [-0.4, -0.2) is 55.5 Å². The highest BCUT2D eigenvalue weighted by molar-refractivity contribution is 7.87. The first-order chi connectivity index (χ1) is 11.8. The Hall–Kier alpha value is -1.78. The van der Waals surface area contributed by atoms with Crippen molar-refractivity contribution in [2.45, 2.75) is 51.7 Å². The van der Waals surface area contributed by atoms with Crippen molar-refractivity contribution in [1.82, 2.24) is 24.7 Å². The Balaban J connectivity index is 1.89. The van der Waals surface area contributed by atoms with Gasteiger partial charge in [-0.2, -0.15) is 17.9 Å². The lowest BCUT2D eigenvalue weighted by molar-refractivity contribution is -0.123. The van der Waals surface area contributed by atoms with Gasteiger partial charge in [0.2, 0.25) is 11.9 Å². The molecule has 1 saturated heterocycles. The summed E-state index contributed by atoms with van der Waals surface area (Å²) >= 11 is 0. The van der Waals surface area contributed by atoms with Gasteiger partial charge in [-0.1, -0.05) is 0 Å². The lowest BCUT2D eigenvalue weighted by Crippen LogP contribution is -2.54. The van der Waals surface area contributed by atoms with Crippen molar-refractivity contribution < 1.29 is 13.2 Å². The quantitative estimate of drug-likeness (QED) is 0.611. The fraction of sp³-hybridized carbons (Fsp3) is 0.667. The molecular weight excluding hydrogens is 344 g/mol. The number of nitrogens with zero attached hydrogens (tertiary/aromatic N) is 3. The highest BCUT2D eigenvalue weighted by Gasteiger charge is 2.26. The molecule has 0 aromatic carbocycles. The highest BCUT2D eigenvalue weighted by Crippen LogP contribution is 2.15. The van der Waals surface area contributed by atoms with E-state index in [1.54, 1.807) is 32.3 Å². The van der Waals surface area contributed by atoms with Crippen molar-refractivity contribution in [3.05, 3.63) is 18.5 Å². The van der Waals surface area contributed by atoms with Gasteiger partial charge in [0.05, 0.1) is 6.04 Å². The topological polar surface area (TPSA) is 116 Å². The number of amides is 1. The molecule has 2 atom stereocenters. The van der Waals surface area contributed by atoms with E-state index in [0.717, 1.165) is 19.4 Å². The molecule has 10 heteroatoms. The number of hydrogen-bond acceptors (Lipinski definition) is 6. The van der Waals surface area contributed by atoms with Gasteiger partial charge in [-0.3, -0.25) is 4.79 Å². The first-order valence-electron chi connectivity index (χ1n) is 8.39. The molecule has 1 amide bonds. The summed E-state index contributed by atoms with van der Waals surface area (Å²) in [7, 11) is -3.71. The summed E-state index contributed by atoms with van der Waals surface area (Å²) < 4.78 is 28.4. The monoisotopic (exact) mass is 370 g/mol. The second kappa shape index (κ2) is 8.54. The number of carbonyl (C=O) groups is 1. The molecule has 9 nitrogen and oxygen atoms in total. The summed E-state index contributed by atoms with van der Waals surface area (Å²) in [5.74, 6) is 0.284. The Morgan fingerprint density at radius 3 is 2.56 bits per heavy atom. The first kappa shape index (κ1) is 19.5. The SMILES string of the molecule is CC(C)NS(=O)(=O)N[C@@H](C)C(=O)N[C@@H]1CCCN(c2ncccn2)C1. The molecule has 140 valence electrons. The number of hydrogen-bond donors (Lipinski definition) is 3. The Kier molecular flexibility index (Phi) is 6.68. The molecule has 1 fully saturated rings. The average Bonchev–Trinajstić information content (AvgIpc) is 2.54. The minimum atomic E-state index is -3.71. The number of aromatic nitrogens is 2. The lowest BCUT2D eigenvalue weighted by Gasteiger charge is -2.33. The van der Waals surface area contributed by atoms with Crippen molar-refractivity contribution in [2.75, 3.05) is 18.0 Å². The largest absolute Gasteiger partial charge is 0.350 e. The van der Waals surface area contributed by atoms with E-state index in [1.165, 1.54) is 6.92 Å². The maximum atomic E-state index is 12.3. The van der Waals surface area contributed by atoms with E-state index in [2.05, 4.69) is 24.7 Å². The summed E-state index contributed by atoms with van der Waals surface area (Å²) in [6, 6.07) is 0.575. The predicted octanol–water partition coefficient (Wildman–Crippen LogP) is -0.217. The Morgan fingerprint density at radius 1 is 1.24 bits per heavy atom. The van der Waals surface area contributed by atoms with E-state index in [9.17, 15) is 13.2 Å². The van der Waals surface area contributed by atoms with Gasteiger partial charge in [0.25, 0.3) is 10.2 Å². The van der Waals surface area contributed by atoms with Crippen molar-refractivity contribution in [3.8, 4) is 0 Å². The molecule has 3 N–H and O–H groups in total. The van der Waals surface area contributed by atoms with Gasteiger partial charge < -0.3 is 10.2 Å². The van der Waals surface area contributed by atoms with E-state index in [4.69, 9.17) is 0 Å². The minimum absolute atomic E-state index is 0.0740. The Labute approximate surface area is 148 Å². The zero-order chi connectivity index (χ0) is 18.4. The summed E-state index contributed by atoms with van der Waals surface area (Å²) in [6.07, 6.45) is 5.10. The molecule has 1 aromatic heterocycles. The second-order valence-corrected chi connectivity index (χ2v) is 7.94. The smallest absolute Gasteiger partial charge is 0.277 e. The fourth-order valence-electron chi connectivity index (χ4n) is 2.69. The predicted molar refractivity (Wildman–Crippen MR) is 95.2 cm³/mol. The van der Waals surface area contributed by atoms with Crippen molar-refractivity contribution in [3.63, 3.8) is 0 Å². The van der Waals surface area contributed by atoms with Gasteiger partial charge in [-0.25, -0.2) is 9.97 Å². The molecule has 25 heavy (non-hydrogen) atoms. The molecule has 0 saturated carbocycles. The third-order valence-corrected chi connectivity index (χ3v) is 5.16. The number of piperidine rings is 1. The Morgan fingerprint density at radius 2 is 1.92 bits per heavy atom. The number of rotatable bonds is 7. The van der Waals surface area contributed by atoms with Crippen LogP contribution >= 0.6 is 0 Å². The van der Waals surface area contributed by atoms with Crippen LogP contribution in [0.3, 0.4) is 0 Å². The van der Waals surface area contributed by atoms with Crippen LogP contribution in [0.15, 0.2) is 18.5 Å². The number of nitrogens with one attached hydrogen (secondary N) is 3. The highest BCUT2D eigenvalue weighted by atomic mass is 32.2. The van der Waals surface area contributed by atoms with Crippen LogP contribution in [0.1, 0.15) is 33.6 Å². The van der Waals surface area contributed by atoms with E-state index in [0.29, 0.717) is 12.5 Å². The van der Waals surface area contributed by atoms with Crippen LogP contribution in [0.5, 0.6) is 0 Å². The third-order valence-electron chi connectivity index (χ3n) is 3.72. The Bertz CT molecular complexity index is 667. The molecule has 2 rings (SSSR count). The number of carbonyl (C=O) groups excluding carboxylic acids is 1. The molecule has 0 radical (unpaired) electrons. The van der Waals surface area contributed by atoms with Gasteiger partial charge in [0, 0.05) is 37.6 Å². The van der Waals surface area contributed by atoms with Crippen LogP contribution in [0.2, 0.25) is 0 Å². The molecule has 2 heterocycles. The van der Waals surface area contributed by atoms with E-state index in [-0.39, 0.29) is 18.0 Å². The molecule has 0 bridgehead atoms. The van der Waals surface area contributed by atoms with Gasteiger partial charge in [-0.05, 0) is 39.7 Å². The van der Waals surface area contributed by atoms with Crippen LogP contribution < -0.4 is 19.7 Å². The molecule has 1 aliphatic heterocycles. The molecule has 0 aliphatic carbocycles. The molecule has 0 unspecified atom stereocenters. The zero-order valence-corrected chi connectivity index (χ0v) is 15.6. The zero-order valence-electron chi connectivity index (χ0n) is 14.8. The van der Waals surface area contributed by atoms with Gasteiger partial charge >= 0.3 is 0 Å². The third kappa shape index (κ3) is 6.22. The summed E-state index contributed by atoms with van der Waals surface area (Å²) in [5, 5.41) is 2.90. The van der Waals surface area contributed by atoms with Gasteiger partial charge in [-0.15, -0.1) is 0 Å². The van der Waals surface area contributed by atoms with Crippen molar-refractivity contribution in [1.29, 1.82) is 0 Å². The average molecular weight is 370 g/mol. The van der Waals surface area contributed by atoms with Crippen molar-refractivity contribution in [2.24, 2.45) is 0 Å². The molecule has 1 aliphatic rings. The van der Waals surface area contributed by atoms with Crippen LogP contribution in [0.25, 0.3) is 0 Å². The standard InChI is InChI=1S/C15H26N6O3S/c1-11(2)19-25(23,24)20-12(3)14(22)18-13-6-4-9-21(10-13)15-16-7-5-8-17-15/h5,7-8,11-13,19-20H,4,6,9-10H2,1-3H3,(H,18,22)/t12-,13+/m0/s1. The molecule has 1 aromatic rings. The maximum Gasteiger partial charge on any atom is 0.277 e. The summed E-state index contributed by atoms with van der Waals surface area (Å²) in [4.78, 5) is 22.8. The van der Waals surface area contributed by atoms with Crippen LogP contribution in [0.4, 0.5) is 5.95 Å². The fourth-order valence-corrected chi connectivity index (χ4v) is 3.95. The number of anilines is 1.